The van der Waals surface area contributed by atoms with Crippen molar-refractivity contribution in [1.82, 2.24) is 0 Å². The number of carboxylic acids is 1. The first-order chi connectivity index (χ1) is 7.84. The number of phenols is 1. The second-order valence-corrected chi connectivity index (χ2v) is 5.43. The van der Waals surface area contributed by atoms with Gasteiger partial charge in [-0.1, -0.05) is 0 Å². The van der Waals surface area contributed by atoms with E-state index < -0.39 is 26.8 Å². The van der Waals surface area contributed by atoms with Crippen molar-refractivity contribution in [2.45, 2.75) is 11.0 Å². The van der Waals surface area contributed by atoms with Crippen LogP contribution in [0.15, 0.2) is 28.0 Å². The summed E-state index contributed by atoms with van der Waals surface area (Å²) in [4.78, 5) is 9.88. The quantitative estimate of drug-likeness (QED) is 0.684. The average Bonchev–Trinajstić information content (AvgIpc) is 2.48. The second-order valence-electron chi connectivity index (χ2n) is 3.51. The van der Waals surface area contributed by atoms with Crippen molar-refractivity contribution in [2.24, 2.45) is 0 Å². The molecular weight excluding hydrogens is 248 g/mol. The highest BCUT2D eigenvalue weighted by Crippen LogP contribution is 2.36. The molecule has 1 atom stereocenters. The Balaban J connectivity index is 2.62. The molecule has 7 heteroatoms. The summed E-state index contributed by atoms with van der Waals surface area (Å²) >= 11 is 0. The Morgan fingerprint density at radius 1 is 1.29 bits per heavy atom. The van der Waals surface area contributed by atoms with Gasteiger partial charge in [0.05, 0.1) is 9.80 Å². The van der Waals surface area contributed by atoms with E-state index in [1.54, 1.807) is 0 Å². The van der Waals surface area contributed by atoms with E-state index in [4.69, 9.17) is 5.11 Å². The number of rotatable bonds is 2. The number of aliphatic carboxylic acids is 1. The Kier molecular flexibility index (Phi) is 2.44. The molecule has 1 aromatic rings. The summed E-state index contributed by atoms with van der Waals surface area (Å²) in [5, 5.41) is 27.1. The topological polar surface area (TPSA) is 112 Å². The molecule has 1 heterocycles. The van der Waals surface area contributed by atoms with Gasteiger partial charge in [0.1, 0.15) is 5.75 Å². The van der Waals surface area contributed by atoms with E-state index >= 15 is 0 Å². The number of aliphatic hydroxyl groups is 1. The van der Waals surface area contributed by atoms with Gasteiger partial charge >= 0.3 is 5.97 Å². The van der Waals surface area contributed by atoms with Crippen LogP contribution >= 0.6 is 0 Å². The molecule has 0 bridgehead atoms. The van der Waals surface area contributed by atoms with Crippen LogP contribution in [0.25, 0.3) is 6.08 Å². The molecule has 0 aliphatic carbocycles. The van der Waals surface area contributed by atoms with E-state index in [-0.39, 0.29) is 16.2 Å². The van der Waals surface area contributed by atoms with Crippen LogP contribution in [0.2, 0.25) is 0 Å². The maximum atomic E-state index is 11.9. The van der Waals surface area contributed by atoms with Crippen molar-refractivity contribution in [3.63, 3.8) is 0 Å². The predicted octanol–water partition coefficient (Wildman–Crippen LogP) is -0.0341. The first kappa shape index (κ1) is 11.6. The van der Waals surface area contributed by atoms with Gasteiger partial charge in [-0.3, -0.25) is 0 Å². The van der Waals surface area contributed by atoms with Gasteiger partial charge in [0.15, 0.2) is 6.10 Å². The molecule has 0 saturated carbocycles. The molecule has 6 nitrogen and oxygen atoms in total. The Morgan fingerprint density at radius 2 is 1.94 bits per heavy atom. The minimum Gasteiger partial charge on any atom is -0.508 e. The number of hydrogen-bond acceptors (Lipinski definition) is 5. The van der Waals surface area contributed by atoms with Gasteiger partial charge in [-0.25, -0.2) is 13.2 Å². The number of fused-ring (bicyclic) bond motifs is 1. The fraction of sp³-hybridized carbons (Fsp3) is 0.100. The number of phenolic OH excluding ortho intramolecular Hbond substituents is 1. The number of benzene rings is 1. The first-order valence-electron chi connectivity index (χ1n) is 4.54. The summed E-state index contributed by atoms with van der Waals surface area (Å²) < 4.78 is 23.7. The van der Waals surface area contributed by atoms with Gasteiger partial charge in [0.25, 0.3) is 0 Å². The molecule has 0 aromatic heterocycles. The molecule has 3 N–H and O–H groups in total. The summed E-state index contributed by atoms with van der Waals surface area (Å²) in [5.74, 6) is -1.78. The molecule has 1 aliphatic rings. The monoisotopic (exact) mass is 256 g/mol. The molecule has 1 unspecified atom stereocenters. The molecule has 17 heavy (non-hydrogen) atoms. The minimum absolute atomic E-state index is 0.120. The van der Waals surface area contributed by atoms with Crippen LogP contribution in [-0.4, -0.2) is 35.8 Å². The van der Waals surface area contributed by atoms with E-state index in [1.165, 1.54) is 12.1 Å². The van der Waals surface area contributed by atoms with Gasteiger partial charge in [-0.2, -0.15) is 0 Å². The standard InChI is InChI=1S/C10H8O6S/c11-6-1-2-7-5(3-6)4-8(17(7,15)16)9(12)10(13)14/h1-4,9,11-12H,(H,13,14). The number of carboxylic acid groups (broad SMARTS) is 1. The number of hydrogen-bond donors (Lipinski definition) is 3. The lowest BCUT2D eigenvalue weighted by Gasteiger charge is -2.06. The molecular formula is C10H8O6S. The average molecular weight is 256 g/mol. The lowest BCUT2D eigenvalue weighted by Crippen LogP contribution is -2.25. The highest BCUT2D eigenvalue weighted by atomic mass is 32.2. The second kappa shape index (κ2) is 3.57. The third kappa shape index (κ3) is 1.69. The molecule has 1 aromatic carbocycles. The summed E-state index contributed by atoms with van der Waals surface area (Å²) in [6, 6.07) is 3.53. The Labute approximate surface area is 96.4 Å². The van der Waals surface area contributed by atoms with Crippen LogP contribution in [0.1, 0.15) is 5.56 Å². The largest absolute Gasteiger partial charge is 0.508 e. The molecule has 0 spiro atoms. The minimum atomic E-state index is -3.99. The van der Waals surface area contributed by atoms with Gasteiger partial charge < -0.3 is 15.3 Å². The lowest BCUT2D eigenvalue weighted by molar-refractivity contribution is -0.144. The highest BCUT2D eigenvalue weighted by Gasteiger charge is 2.37. The zero-order chi connectivity index (χ0) is 12.8. The maximum absolute atomic E-state index is 11.9. The number of aromatic hydroxyl groups is 1. The third-order valence-electron chi connectivity index (χ3n) is 2.39. The van der Waals surface area contributed by atoms with E-state index in [1.807, 2.05) is 0 Å². The molecule has 1 aliphatic heterocycles. The zero-order valence-corrected chi connectivity index (χ0v) is 9.18. The third-order valence-corrected chi connectivity index (χ3v) is 4.31. The van der Waals surface area contributed by atoms with Crippen molar-refractivity contribution in [3.8, 4) is 5.75 Å². The number of sulfone groups is 1. The lowest BCUT2D eigenvalue weighted by atomic mass is 10.2. The van der Waals surface area contributed by atoms with E-state index in [2.05, 4.69) is 0 Å². The van der Waals surface area contributed by atoms with Crippen LogP contribution in [0.4, 0.5) is 0 Å². The van der Waals surface area contributed by atoms with Crippen molar-refractivity contribution < 1.29 is 28.5 Å². The predicted molar refractivity (Wildman–Crippen MR) is 56.9 cm³/mol. The van der Waals surface area contributed by atoms with Crippen LogP contribution in [0, 0.1) is 0 Å². The van der Waals surface area contributed by atoms with E-state index in [9.17, 15) is 23.4 Å². The molecule has 0 fully saturated rings. The van der Waals surface area contributed by atoms with E-state index in [0.29, 0.717) is 0 Å². The van der Waals surface area contributed by atoms with E-state index in [0.717, 1.165) is 12.1 Å². The number of carbonyl (C=O) groups is 1. The summed E-state index contributed by atoms with van der Waals surface area (Å²) in [6.07, 6.45) is -1.06. The van der Waals surface area contributed by atoms with Crippen LogP contribution in [0.5, 0.6) is 5.75 Å². The molecule has 0 radical (unpaired) electrons. The highest BCUT2D eigenvalue weighted by molar-refractivity contribution is 7.96. The fourth-order valence-corrected chi connectivity index (χ4v) is 3.20. The smallest absolute Gasteiger partial charge is 0.337 e. The molecule has 0 amide bonds. The van der Waals surface area contributed by atoms with Crippen molar-refractivity contribution in [2.75, 3.05) is 0 Å². The maximum Gasteiger partial charge on any atom is 0.337 e. The Bertz CT molecular complexity index is 628. The fourth-order valence-electron chi connectivity index (χ4n) is 1.60. The molecule has 0 saturated heterocycles. The Hall–Kier alpha value is -1.86. The SMILES string of the molecule is O=C(O)C(O)C1=Cc2cc(O)ccc2S1(=O)=O. The first-order valence-corrected chi connectivity index (χ1v) is 6.03. The van der Waals surface area contributed by atoms with Crippen LogP contribution < -0.4 is 0 Å². The molecule has 2 rings (SSSR count). The zero-order valence-electron chi connectivity index (χ0n) is 8.36. The summed E-state index contributed by atoms with van der Waals surface area (Å²) in [6.45, 7) is 0. The Morgan fingerprint density at radius 3 is 2.53 bits per heavy atom. The molecule has 90 valence electrons. The normalized spacial score (nSPS) is 18.3. The summed E-state index contributed by atoms with van der Waals surface area (Å²) in [7, 11) is -3.99. The summed E-state index contributed by atoms with van der Waals surface area (Å²) in [5.41, 5.74) is 0.167. The van der Waals surface area contributed by atoms with Gasteiger partial charge in [0, 0.05) is 0 Å². The van der Waals surface area contributed by atoms with Crippen molar-refractivity contribution in [3.05, 3.63) is 28.7 Å². The number of aliphatic hydroxyl groups excluding tert-OH is 1. The van der Waals surface area contributed by atoms with Gasteiger partial charge in [-0.05, 0) is 29.8 Å². The van der Waals surface area contributed by atoms with Crippen LogP contribution in [0.3, 0.4) is 0 Å². The van der Waals surface area contributed by atoms with Crippen molar-refractivity contribution >= 4 is 21.9 Å². The van der Waals surface area contributed by atoms with Crippen LogP contribution in [-0.2, 0) is 14.6 Å². The van der Waals surface area contributed by atoms with Crippen molar-refractivity contribution in [1.29, 1.82) is 0 Å². The van der Waals surface area contributed by atoms with Gasteiger partial charge in [-0.15, -0.1) is 0 Å². The van der Waals surface area contributed by atoms with Gasteiger partial charge in [0.2, 0.25) is 9.84 Å².